The van der Waals surface area contributed by atoms with E-state index in [1.807, 2.05) is 19.1 Å². The Morgan fingerprint density at radius 3 is 2.75 bits per heavy atom. The van der Waals surface area contributed by atoms with Crippen LogP contribution in [0, 0.1) is 6.92 Å². The number of aryl methyl sites for hydroxylation is 1. The fourth-order valence-corrected chi connectivity index (χ4v) is 2.51. The molecule has 1 rings (SSSR count). The predicted octanol–water partition coefficient (Wildman–Crippen LogP) is 3.98. The van der Waals surface area contributed by atoms with E-state index in [9.17, 15) is 4.79 Å². The summed E-state index contributed by atoms with van der Waals surface area (Å²) in [5, 5.41) is 9.08. The highest BCUT2D eigenvalue weighted by Crippen LogP contribution is 2.25. The second kappa shape index (κ2) is 6.59. The Morgan fingerprint density at radius 1 is 1.38 bits per heavy atom. The molecule has 2 nitrogen and oxygen atoms in total. The minimum absolute atomic E-state index is 0.432. The van der Waals surface area contributed by atoms with Crippen molar-refractivity contribution in [3.8, 4) is 0 Å². The van der Waals surface area contributed by atoms with E-state index in [4.69, 9.17) is 5.11 Å². The van der Waals surface area contributed by atoms with Crippen molar-refractivity contribution < 1.29 is 9.90 Å². The van der Waals surface area contributed by atoms with E-state index < -0.39 is 5.97 Å². The summed E-state index contributed by atoms with van der Waals surface area (Å²) in [6.45, 7) is 4.08. The molecule has 1 aromatic rings. The molecule has 0 radical (unpaired) electrons. The van der Waals surface area contributed by atoms with Crippen molar-refractivity contribution in [2.24, 2.45) is 0 Å². The molecule has 3 heteroatoms. The molecule has 88 valence electrons. The van der Waals surface area contributed by atoms with Gasteiger partial charge in [-0.15, -0.1) is 11.8 Å². The van der Waals surface area contributed by atoms with Gasteiger partial charge in [-0.05, 0) is 31.2 Å². The molecule has 0 aromatic heterocycles. The molecule has 0 amide bonds. The SMILES string of the molecule is CCCCCSc1ccc(C)cc1C(=O)O. The van der Waals surface area contributed by atoms with Crippen LogP contribution in [0.3, 0.4) is 0 Å². The molecule has 0 bridgehead atoms. The average molecular weight is 238 g/mol. The Balaban J connectivity index is 2.67. The Hall–Kier alpha value is -0.960. The van der Waals surface area contributed by atoms with Crippen LogP contribution in [0.5, 0.6) is 0 Å². The Morgan fingerprint density at radius 2 is 2.12 bits per heavy atom. The first-order valence-electron chi connectivity index (χ1n) is 5.62. The molecule has 0 fully saturated rings. The van der Waals surface area contributed by atoms with E-state index in [0.29, 0.717) is 5.56 Å². The number of hydrogen-bond donors (Lipinski definition) is 1. The van der Waals surface area contributed by atoms with Gasteiger partial charge in [-0.1, -0.05) is 31.4 Å². The molecule has 0 spiro atoms. The van der Waals surface area contributed by atoms with E-state index in [1.165, 1.54) is 12.8 Å². The number of carboxylic acids is 1. The van der Waals surface area contributed by atoms with Gasteiger partial charge in [0.25, 0.3) is 0 Å². The number of carboxylic acid groups (broad SMARTS) is 1. The van der Waals surface area contributed by atoms with Crippen LogP contribution in [0.1, 0.15) is 42.1 Å². The van der Waals surface area contributed by atoms with Crippen LogP contribution in [-0.2, 0) is 0 Å². The summed E-state index contributed by atoms with van der Waals surface area (Å²) in [7, 11) is 0. The smallest absolute Gasteiger partial charge is 0.336 e. The van der Waals surface area contributed by atoms with Crippen molar-refractivity contribution in [1.82, 2.24) is 0 Å². The second-order valence-electron chi connectivity index (χ2n) is 3.86. The van der Waals surface area contributed by atoms with Crippen LogP contribution >= 0.6 is 11.8 Å². The van der Waals surface area contributed by atoms with Gasteiger partial charge in [0, 0.05) is 4.90 Å². The summed E-state index contributed by atoms with van der Waals surface area (Å²) in [6.07, 6.45) is 3.55. The minimum atomic E-state index is -0.832. The molecule has 0 aliphatic heterocycles. The lowest BCUT2D eigenvalue weighted by atomic mass is 10.1. The number of rotatable bonds is 6. The van der Waals surface area contributed by atoms with E-state index >= 15 is 0 Å². The highest BCUT2D eigenvalue weighted by molar-refractivity contribution is 7.99. The Labute approximate surface area is 101 Å². The summed E-state index contributed by atoms with van der Waals surface area (Å²) in [5.74, 6) is 0.165. The topological polar surface area (TPSA) is 37.3 Å². The average Bonchev–Trinajstić information content (AvgIpc) is 2.26. The number of hydrogen-bond acceptors (Lipinski definition) is 2. The molecule has 0 saturated heterocycles. The van der Waals surface area contributed by atoms with Gasteiger partial charge in [0.05, 0.1) is 5.56 Å². The van der Waals surface area contributed by atoms with Crippen molar-refractivity contribution in [1.29, 1.82) is 0 Å². The lowest BCUT2D eigenvalue weighted by Crippen LogP contribution is -1.99. The predicted molar refractivity (Wildman–Crippen MR) is 68.4 cm³/mol. The number of thioether (sulfide) groups is 1. The maximum Gasteiger partial charge on any atom is 0.336 e. The van der Waals surface area contributed by atoms with E-state index in [0.717, 1.165) is 22.6 Å². The summed E-state index contributed by atoms with van der Waals surface area (Å²) in [4.78, 5) is 11.9. The molecular weight excluding hydrogens is 220 g/mol. The van der Waals surface area contributed by atoms with Crippen LogP contribution in [0.2, 0.25) is 0 Å². The lowest BCUT2D eigenvalue weighted by Gasteiger charge is -2.06. The minimum Gasteiger partial charge on any atom is -0.478 e. The van der Waals surface area contributed by atoms with E-state index in [1.54, 1.807) is 17.8 Å². The van der Waals surface area contributed by atoms with Gasteiger partial charge in [-0.25, -0.2) is 4.79 Å². The standard InChI is InChI=1S/C13H18O2S/c1-3-4-5-8-16-12-7-6-10(2)9-11(12)13(14)15/h6-7,9H,3-5,8H2,1-2H3,(H,14,15). The van der Waals surface area contributed by atoms with Crippen molar-refractivity contribution in [3.63, 3.8) is 0 Å². The molecule has 0 atom stereocenters. The highest BCUT2D eigenvalue weighted by atomic mass is 32.2. The van der Waals surface area contributed by atoms with Crippen LogP contribution in [0.4, 0.5) is 0 Å². The summed E-state index contributed by atoms with van der Waals surface area (Å²) in [6, 6.07) is 5.62. The molecule has 0 saturated carbocycles. The van der Waals surface area contributed by atoms with Gasteiger partial charge >= 0.3 is 5.97 Å². The van der Waals surface area contributed by atoms with Crippen molar-refractivity contribution >= 4 is 17.7 Å². The van der Waals surface area contributed by atoms with Crippen LogP contribution < -0.4 is 0 Å². The van der Waals surface area contributed by atoms with Gasteiger partial charge in [0.15, 0.2) is 0 Å². The van der Waals surface area contributed by atoms with Gasteiger partial charge in [-0.3, -0.25) is 0 Å². The molecule has 1 N–H and O–H groups in total. The summed E-state index contributed by atoms with van der Waals surface area (Å²) >= 11 is 1.64. The molecule has 0 unspecified atom stereocenters. The third-order valence-electron chi connectivity index (χ3n) is 2.37. The monoisotopic (exact) mass is 238 g/mol. The van der Waals surface area contributed by atoms with Gasteiger partial charge in [-0.2, -0.15) is 0 Å². The van der Waals surface area contributed by atoms with Crippen molar-refractivity contribution in [2.45, 2.75) is 38.0 Å². The van der Waals surface area contributed by atoms with Gasteiger partial charge in [0.2, 0.25) is 0 Å². The van der Waals surface area contributed by atoms with E-state index in [2.05, 4.69) is 6.92 Å². The van der Waals surface area contributed by atoms with Crippen molar-refractivity contribution in [2.75, 3.05) is 5.75 Å². The number of aromatic carboxylic acids is 1. The number of carbonyl (C=O) groups is 1. The molecule has 0 aliphatic rings. The third-order valence-corrected chi connectivity index (χ3v) is 3.53. The third kappa shape index (κ3) is 3.89. The first kappa shape index (κ1) is 13.1. The Bertz CT molecular complexity index is 361. The fraction of sp³-hybridized carbons (Fsp3) is 0.462. The summed E-state index contributed by atoms with van der Waals surface area (Å²) in [5.41, 5.74) is 1.43. The van der Waals surface area contributed by atoms with Crippen LogP contribution in [0.15, 0.2) is 23.1 Å². The first-order valence-corrected chi connectivity index (χ1v) is 6.60. The largest absolute Gasteiger partial charge is 0.478 e. The van der Waals surface area contributed by atoms with Crippen LogP contribution in [-0.4, -0.2) is 16.8 Å². The van der Waals surface area contributed by atoms with Crippen molar-refractivity contribution in [3.05, 3.63) is 29.3 Å². The normalized spacial score (nSPS) is 10.4. The second-order valence-corrected chi connectivity index (χ2v) is 5.00. The fourth-order valence-electron chi connectivity index (χ4n) is 1.47. The number of unbranched alkanes of at least 4 members (excludes halogenated alkanes) is 2. The molecule has 1 aromatic carbocycles. The summed E-state index contributed by atoms with van der Waals surface area (Å²) < 4.78 is 0. The quantitative estimate of drug-likeness (QED) is 0.601. The Kier molecular flexibility index (Phi) is 5.39. The highest BCUT2D eigenvalue weighted by Gasteiger charge is 2.10. The molecule has 16 heavy (non-hydrogen) atoms. The maximum absolute atomic E-state index is 11.0. The van der Waals surface area contributed by atoms with Gasteiger partial charge < -0.3 is 5.11 Å². The molecule has 0 aliphatic carbocycles. The number of benzene rings is 1. The zero-order valence-electron chi connectivity index (χ0n) is 9.82. The molecule has 0 heterocycles. The van der Waals surface area contributed by atoms with Crippen LogP contribution in [0.25, 0.3) is 0 Å². The van der Waals surface area contributed by atoms with E-state index in [-0.39, 0.29) is 0 Å². The maximum atomic E-state index is 11.0. The zero-order valence-corrected chi connectivity index (χ0v) is 10.6. The lowest BCUT2D eigenvalue weighted by molar-refractivity contribution is 0.0693. The molecular formula is C13H18O2S. The van der Waals surface area contributed by atoms with Gasteiger partial charge in [0.1, 0.15) is 0 Å². The first-order chi connectivity index (χ1) is 7.65. The zero-order chi connectivity index (χ0) is 12.0.